The number of nitrogens with one attached hydrogen (secondary N) is 2. The lowest BCUT2D eigenvalue weighted by Gasteiger charge is -2.37. The summed E-state index contributed by atoms with van der Waals surface area (Å²) in [5.74, 6) is -0.101. The van der Waals surface area contributed by atoms with E-state index in [0.29, 0.717) is 47.0 Å². The van der Waals surface area contributed by atoms with Gasteiger partial charge >= 0.3 is 0 Å². The third kappa shape index (κ3) is 4.44. The van der Waals surface area contributed by atoms with Gasteiger partial charge in [-0.05, 0) is 60.9 Å². The Hall–Kier alpha value is -3.91. The zero-order valence-electron chi connectivity index (χ0n) is 19.0. The summed E-state index contributed by atoms with van der Waals surface area (Å²) in [6, 6.07) is 12.9. The lowest BCUT2D eigenvalue weighted by molar-refractivity contribution is -0.121. The minimum Gasteiger partial charge on any atom is -0.496 e. The van der Waals surface area contributed by atoms with Crippen LogP contribution >= 0.6 is 11.6 Å². The van der Waals surface area contributed by atoms with Crippen LogP contribution in [0.3, 0.4) is 0 Å². The van der Waals surface area contributed by atoms with Crippen molar-refractivity contribution >= 4 is 35.0 Å². The number of fused-ring (bicyclic) bond motifs is 2. The summed E-state index contributed by atoms with van der Waals surface area (Å²) in [4.78, 5) is 44.7. The molecule has 0 spiro atoms. The second kappa shape index (κ2) is 9.38. The van der Waals surface area contributed by atoms with E-state index in [1.54, 1.807) is 66.9 Å². The molecule has 1 saturated heterocycles. The maximum atomic E-state index is 13.6. The van der Waals surface area contributed by atoms with Gasteiger partial charge in [0, 0.05) is 41.1 Å². The van der Waals surface area contributed by atoms with E-state index in [4.69, 9.17) is 16.3 Å². The van der Waals surface area contributed by atoms with Gasteiger partial charge < -0.3 is 20.3 Å². The SMILES string of the molecule is COc1ccc(Cl)cc1-c1ccc2c(c1)C(=O)N1CCC(NC(=O)c3ccncc3)CC1C(=O)N2. The van der Waals surface area contributed by atoms with Gasteiger partial charge in [0.15, 0.2) is 0 Å². The third-order valence-electron chi connectivity index (χ3n) is 6.42. The van der Waals surface area contributed by atoms with Crippen LogP contribution in [-0.4, -0.2) is 53.3 Å². The molecule has 1 fully saturated rings. The lowest BCUT2D eigenvalue weighted by atomic mass is 9.95. The fourth-order valence-electron chi connectivity index (χ4n) is 4.63. The molecule has 3 aromatic rings. The highest BCUT2D eigenvalue weighted by atomic mass is 35.5. The molecule has 2 aromatic carbocycles. The Morgan fingerprint density at radius 1 is 1.11 bits per heavy atom. The molecule has 9 heteroatoms. The first-order valence-corrected chi connectivity index (χ1v) is 11.6. The molecule has 2 unspecified atom stereocenters. The second-order valence-electron chi connectivity index (χ2n) is 8.54. The van der Waals surface area contributed by atoms with Gasteiger partial charge in [0.05, 0.1) is 18.4 Å². The number of benzene rings is 2. The molecule has 8 nitrogen and oxygen atoms in total. The number of carbonyl (C=O) groups is 3. The predicted octanol–water partition coefficient (Wildman–Crippen LogP) is 3.77. The molecule has 2 aliphatic heterocycles. The van der Waals surface area contributed by atoms with Crippen LogP contribution in [0.2, 0.25) is 5.02 Å². The lowest BCUT2D eigenvalue weighted by Crippen LogP contribution is -2.55. The number of nitrogens with zero attached hydrogens (tertiary/aromatic N) is 2. The number of anilines is 1. The topological polar surface area (TPSA) is 101 Å². The first-order chi connectivity index (χ1) is 16.9. The van der Waals surface area contributed by atoms with Crippen molar-refractivity contribution in [1.82, 2.24) is 15.2 Å². The van der Waals surface area contributed by atoms with Crippen LogP contribution in [0.15, 0.2) is 60.9 Å². The summed E-state index contributed by atoms with van der Waals surface area (Å²) < 4.78 is 5.47. The molecule has 2 aliphatic rings. The fraction of sp³-hybridized carbons (Fsp3) is 0.231. The standard InChI is InChI=1S/C26H23ClN4O4/c1-35-23-5-3-17(27)13-19(23)16-2-4-21-20(12-16)26(34)31-11-8-18(14-22(31)25(33)30-21)29-24(32)15-6-9-28-10-7-15/h2-7,9-10,12-13,18,22H,8,11,14H2,1H3,(H,29,32)(H,30,33). The van der Waals surface area contributed by atoms with E-state index in [1.807, 2.05) is 6.07 Å². The summed E-state index contributed by atoms with van der Waals surface area (Å²) in [5.41, 5.74) is 2.86. The van der Waals surface area contributed by atoms with Crippen LogP contribution in [0.4, 0.5) is 5.69 Å². The molecule has 178 valence electrons. The average Bonchev–Trinajstić information content (AvgIpc) is 2.98. The van der Waals surface area contributed by atoms with Crippen molar-refractivity contribution in [1.29, 1.82) is 0 Å². The van der Waals surface area contributed by atoms with Gasteiger partial charge in [-0.1, -0.05) is 17.7 Å². The number of piperidine rings is 1. The molecular weight excluding hydrogens is 468 g/mol. The van der Waals surface area contributed by atoms with Crippen LogP contribution in [0.25, 0.3) is 11.1 Å². The van der Waals surface area contributed by atoms with Gasteiger partial charge in [-0.2, -0.15) is 0 Å². The molecule has 5 rings (SSSR count). The highest BCUT2D eigenvalue weighted by molar-refractivity contribution is 6.31. The van der Waals surface area contributed by atoms with Gasteiger partial charge in [-0.3, -0.25) is 19.4 Å². The van der Waals surface area contributed by atoms with Gasteiger partial charge in [-0.15, -0.1) is 0 Å². The van der Waals surface area contributed by atoms with E-state index in [9.17, 15) is 14.4 Å². The van der Waals surface area contributed by atoms with Crippen molar-refractivity contribution in [3.8, 4) is 16.9 Å². The number of carbonyl (C=O) groups excluding carboxylic acids is 3. The first kappa shape index (κ1) is 22.9. The van der Waals surface area contributed by atoms with Crippen molar-refractivity contribution in [2.45, 2.75) is 24.9 Å². The number of halogens is 1. The fourth-order valence-corrected chi connectivity index (χ4v) is 4.81. The van der Waals surface area contributed by atoms with Gasteiger partial charge in [0.1, 0.15) is 11.8 Å². The Labute approximate surface area is 207 Å². The van der Waals surface area contributed by atoms with E-state index in [1.165, 1.54) is 0 Å². The molecule has 2 N–H and O–H groups in total. The number of methoxy groups -OCH3 is 1. The smallest absolute Gasteiger partial charge is 0.256 e. The van der Waals surface area contributed by atoms with E-state index in [0.717, 1.165) is 11.1 Å². The number of ether oxygens (including phenoxy) is 1. The number of rotatable bonds is 4. The Morgan fingerprint density at radius 3 is 2.69 bits per heavy atom. The van der Waals surface area contributed by atoms with Crippen LogP contribution in [0.1, 0.15) is 33.6 Å². The van der Waals surface area contributed by atoms with E-state index in [2.05, 4.69) is 15.6 Å². The normalized spacial score (nSPS) is 19.2. The maximum Gasteiger partial charge on any atom is 0.256 e. The molecule has 2 atom stereocenters. The zero-order valence-corrected chi connectivity index (χ0v) is 19.7. The quantitative estimate of drug-likeness (QED) is 0.580. The van der Waals surface area contributed by atoms with Crippen LogP contribution in [-0.2, 0) is 4.79 Å². The molecule has 0 radical (unpaired) electrons. The molecule has 0 saturated carbocycles. The third-order valence-corrected chi connectivity index (χ3v) is 6.66. The minimum atomic E-state index is -0.685. The Balaban J connectivity index is 1.40. The molecular formula is C26H23ClN4O4. The molecule has 35 heavy (non-hydrogen) atoms. The molecule has 3 amide bonds. The number of amides is 3. The van der Waals surface area contributed by atoms with Gasteiger partial charge in [0.2, 0.25) is 5.91 Å². The van der Waals surface area contributed by atoms with Crippen molar-refractivity contribution < 1.29 is 19.1 Å². The van der Waals surface area contributed by atoms with Crippen molar-refractivity contribution in [3.63, 3.8) is 0 Å². The van der Waals surface area contributed by atoms with Crippen LogP contribution in [0, 0.1) is 0 Å². The molecule has 0 bridgehead atoms. The summed E-state index contributed by atoms with van der Waals surface area (Å²) >= 11 is 6.20. The summed E-state index contributed by atoms with van der Waals surface area (Å²) in [7, 11) is 1.57. The first-order valence-electron chi connectivity index (χ1n) is 11.3. The highest BCUT2D eigenvalue weighted by Crippen LogP contribution is 2.36. The summed E-state index contributed by atoms with van der Waals surface area (Å²) in [6.45, 7) is 0.350. The predicted molar refractivity (Wildman–Crippen MR) is 132 cm³/mol. The van der Waals surface area contributed by atoms with Crippen LogP contribution in [0.5, 0.6) is 5.75 Å². The Morgan fingerprint density at radius 2 is 1.91 bits per heavy atom. The van der Waals surface area contributed by atoms with Crippen LogP contribution < -0.4 is 15.4 Å². The van der Waals surface area contributed by atoms with Crippen molar-refractivity contribution in [3.05, 3.63) is 77.1 Å². The zero-order chi connectivity index (χ0) is 24.5. The van der Waals surface area contributed by atoms with E-state index < -0.39 is 6.04 Å². The summed E-state index contributed by atoms with van der Waals surface area (Å²) in [6.07, 6.45) is 3.99. The van der Waals surface area contributed by atoms with Crippen molar-refractivity contribution in [2.75, 3.05) is 19.0 Å². The van der Waals surface area contributed by atoms with E-state index in [-0.39, 0.29) is 23.8 Å². The number of hydrogen-bond donors (Lipinski definition) is 2. The Kier molecular flexibility index (Phi) is 6.13. The number of aromatic nitrogens is 1. The van der Waals surface area contributed by atoms with Gasteiger partial charge in [0.25, 0.3) is 11.8 Å². The van der Waals surface area contributed by atoms with Crippen molar-refractivity contribution in [2.24, 2.45) is 0 Å². The molecule has 3 heterocycles. The average molecular weight is 491 g/mol. The van der Waals surface area contributed by atoms with E-state index >= 15 is 0 Å². The summed E-state index contributed by atoms with van der Waals surface area (Å²) in [5, 5.41) is 6.43. The number of hydrogen-bond acceptors (Lipinski definition) is 5. The highest BCUT2D eigenvalue weighted by Gasteiger charge is 2.40. The second-order valence-corrected chi connectivity index (χ2v) is 8.98. The monoisotopic (exact) mass is 490 g/mol. The van der Waals surface area contributed by atoms with Gasteiger partial charge in [-0.25, -0.2) is 0 Å². The molecule has 0 aliphatic carbocycles. The Bertz CT molecular complexity index is 1310. The molecule has 1 aromatic heterocycles. The largest absolute Gasteiger partial charge is 0.496 e. The number of pyridine rings is 1. The minimum absolute atomic E-state index is 0.227. The maximum absolute atomic E-state index is 13.6.